The van der Waals surface area contributed by atoms with E-state index in [9.17, 15) is 22.4 Å². The van der Waals surface area contributed by atoms with E-state index in [1.807, 2.05) is 14.0 Å². The fourth-order valence-electron chi connectivity index (χ4n) is 4.68. The van der Waals surface area contributed by atoms with Gasteiger partial charge in [-0.15, -0.1) is 0 Å². The van der Waals surface area contributed by atoms with E-state index < -0.39 is 29.0 Å². The molecular weight excluding hydrogens is 564 g/mol. The number of amides is 1. The van der Waals surface area contributed by atoms with E-state index >= 15 is 0 Å². The second-order valence-electron chi connectivity index (χ2n) is 10.2. The van der Waals surface area contributed by atoms with Crippen LogP contribution in [0.3, 0.4) is 0 Å². The zero-order chi connectivity index (χ0) is 30.6. The lowest BCUT2D eigenvalue weighted by atomic mass is 10.1. The van der Waals surface area contributed by atoms with Gasteiger partial charge in [-0.2, -0.15) is 13.2 Å². The lowest BCUT2D eigenvalue weighted by Gasteiger charge is -2.32. The van der Waals surface area contributed by atoms with E-state index in [1.54, 1.807) is 24.4 Å². The molecule has 3 heterocycles. The van der Waals surface area contributed by atoms with Crippen molar-refractivity contribution in [3.63, 3.8) is 0 Å². The number of piperazine rings is 1. The molecule has 1 saturated heterocycles. The summed E-state index contributed by atoms with van der Waals surface area (Å²) in [5, 5.41) is 2.52. The Morgan fingerprint density at radius 2 is 1.79 bits per heavy atom. The largest absolute Gasteiger partial charge is 0.438 e. The van der Waals surface area contributed by atoms with Crippen LogP contribution in [0.4, 0.5) is 23.2 Å². The molecule has 0 atom stereocenters. The van der Waals surface area contributed by atoms with Crippen molar-refractivity contribution in [1.29, 1.82) is 0 Å². The van der Waals surface area contributed by atoms with E-state index in [1.165, 1.54) is 24.4 Å². The number of hydrogen-bond donors (Lipinski definition) is 1. The molecule has 224 valence electrons. The molecule has 4 aromatic rings. The van der Waals surface area contributed by atoms with Crippen LogP contribution in [0.5, 0.6) is 11.6 Å². The third kappa shape index (κ3) is 7.33. The van der Waals surface area contributed by atoms with E-state index in [4.69, 9.17) is 4.74 Å². The number of ether oxygens (including phenoxy) is 1. The summed E-state index contributed by atoms with van der Waals surface area (Å²) in [5.74, 6) is -0.852. The molecule has 1 aliphatic heterocycles. The summed E-state index contributed by atoms with van der Waals surface area (Å²) in [6, 6.07) is 12.0. The molecule has 1 aliphatic rings. The average molecular weight is 595 g/mol. The van der Waals surface area contributed by atoms with Gasteiger partial charge in [-0.25, -0.2) is 19.3 Å². The summed E-state index contributed by atoms with van der Waals surface area (Å²) in [4.78, 5) is 30.6. The van der Waals surface area contributed by atoms with Crippen molar-refractivity contribution in [2.24, 2.45) is 0 Å². The third-order valence-corrected chi connectivity index (χ3v) is 7.14. The zero-order valence-corrected chi connectivity index (χ0v) is 23.7. The summed E-state index contributed by atoms with van der Waals surface area (Å²) in [6.07, 6.45) is -0.839. The maximum absolute atomic E-state index is 14.9. The van der Waals surface area contributed by atoms with Crippen molar-refractivity contribution < 1.29 is 27.1 Å². The first-order valence-electron chi connectivity index (χ1n) is 13.8. The van der Waals surface area contributed by atoms with Gasteiger partial charge in [0.25, 0.3) is 5.91 Å². The molecule has 0 saturated carbocycles. The number of likely N-dealkylation sites (N-methyl/N-ethyl adjacent to an activating group) is 1. The van der Waals surface area contributed by atoms with E-state index in [2.05, 4.69) is 30.1 Å². The number of benzene rings is 2. The fourth-order valence-corrected chi connectivity index (χ4v) is 4.68. The van der Waals surface area contributed by atoms with Crippen molar-refractivity contribution in [1.82, 2.24) is 24.8 Å². The summed E-state index contributed by atoms with van der Waals surface area (Å²) in [7, 11) is 2.00. The molecule has 1 N–H and O–H groups in total. The molecule has 2 aromatic heterocycles. The minimum absolute atomic E-state index is 0.0352. The van der Waals surface area contributed by atoms with E-state index in [0.29, 0.717) is 35.6 Å². The van der Waals surface area contributed by atoms with Gasteiger partial charge in [-0.3, -0.25) is 9.69 Å². The first-order valence-corrected chi connectivity index (χ1v) is 13.8. The topological polar surface area (TPSA) is 83.5 Å². The minimum atomic E-state index is -4.62. The number of carbonyl (C=O) groups is 1. The van der Waals surface area contributed by atoms with Crippen molar-refractivity contribution in [3.8, 4) is 22.9 Å². The van der Waals surface area contributed by atoms with Gasteiger partial charge in [-0.05, 0) is 61.1 Å². The maximum atomic E-state index is 14.9. The summed E-state index contributed by atoms with van der Waals surface area (Å²) in [6.45, 7) is 5.34. The highest BCUT2D eigenvalue weighted by Gasteiger charge is 2.31. The number of pyridine rings is 1. The second-order valence-corrected chi connectivity index (χ2v) is 10.2. The first kappa shape index (κ1) is 30.1. The minimum Gasteiger partial charge on any atom is -0.438 e. The van der Waals surface area contributed by atoms with E-state index in [0.717, 1.165) is 44.4 Å². The highest BCUT2D eigenvalue weighted by molar-refractivity contribution is 6.05. The molecule has 1 fully saturated rings. The van der Waals surface area contributed by atoms with Gasteiger partial charge >= 0.3 is 6.18 Å². The van der Waals surface area contributed by atoms with Gasteiger partial charge in [0.05, 0.1) is 22.4 Å². The van der Waals surface area contributed by atoms with Crippen LogP contribution in [0.15, 0.2) is 67.0 Å². The Morgan fingerprint density at radius 3 is 2.53 bits per heavy atom. The smallest absolute Gasteiger partial charge is 0.416 e. The number of hydrogen-bond acceptors (Lipinski definition) is 7. The number of rotatable bonds is 8. The predicted octanol–water partition coefficient (Wildman–Crippen LogP) is 6.05. The molecule has 8 nitrogen and oxygen atoms in total. The quantitative estimate of drug-likeness (QED) is 0.249. The Balaban J connectivity index is 1.41. The molecule has 2 aromatic carbocycles. The third-order valence-electron chi connectivity index (χ3n) is 7.14. The Morgan fingerprint density at radius 1 is 1.00 bits per heavy atom. The number of nitrogens with one attached hydrogen (secondary N) is 1. The summed E-state index contributed by atoms with van der Waals surface area (Å²) >= 11 is 0. The normalized spacial score (nSPS) is 14.5. The Labute approximate surface area is 246 Å². The highest BCUT2D eigenvalue weighted by Crippen LogP contribution is 2.34. The zero-order valence-electron chi connectivity index (χ0n) is 23.7. The standard InChI is InChI=1S/C31H30F4N6O2/c1-3-28-36-12-10-26(38-28)23-5-4-11-37-30(23)43-22-8-9-25(32)24(18-22)29(42)39-27-17-21(31(33,34)35)7-6-20(27)19-41-15-13-40(2)14-16-41/h4-12,17-18H,3,13-16,19H2,1-2H3,(H,39,42). The van der Waals surface area contributed by atoms with Gasteiger partial charge in [0.2, 0.25) is 5.88 Å². The number of nitrogens with zero attached hydrogens (tertiary/aromatic N) is 5. The van der Waals surface area contributed by atoms with Crippen LogP contribution in [-0.2, 0) is 19.1 Å². The molecule has 0 aliphatic carbocycles. The van der Waals surface area contributed by atoms with Crippen molar-refractivity contribution >= 4 is 11.6 Å². The van der Waals surface area contributed by atoms with Gasteiger partial charge in [0.15, 0.2) is 0 Å². The molecule has 0 unspecified atom stereocenters. The van der Waals surface area contributed by atoms with Crippen LogP contribution < -0.4 is 10.1 Å². The van der Waals surface area contributed by atoms with Crippen molar-refractivity contribution in [2.75, 3.05) is 38.5 Å². The maximum Gasteiger partial charge on any atom is 0.416 e. The molecule has 0 spiro atoms. The van der Waals surface area contributed by atoms with Crippen LogP contribution in [0.1, 0.15) is 34.2 Å². The van der Waals surface area contributed by atoms with Crippen LogP contribution in [0, 0.1) is 5.82 Å². The van der Waals surface area contributed by atoms with Crippen LogP contribution in [-0.4, -0.2) is 63.9 Å². The predicted molar refractivity (Wildman–Crippen MR) is 153 cm³/mol. The number of aromatic nitrogens is 3. The van der Waals surface area contributed by atoms with Crippen LogP contribution >= 0.6 is 0 Å². The number of halogens is 4. The monoisotopic (exact) mass is 594 g/mol. The van der Waals surface area contributed by atoms with Crippen LogP contribution in [0.2, 0.25) is 0 Å². The molecule has 1 amide bonds. The van der Waals surface area contributed by atoms with Gasteiger partial charge in [0.1, 0.15) is 17.4 Å². The number of alkyl halides is 3. The van der Waals surface area contributed by atoms with Gasteiger partial charge in [-0.1, -0.05) is 13.0 Å². The number of anilines is 1. The lowest BCUT2D eigenvalue weighted by molar-refractivity contribution is -0.137. The van der Waals surface area contributed by atoms with Crippen LogP contribution in [0.25, 0.3) is 11.3 Å². The Bertz CT molecular complexity index is 1610. The van der Waals surface area contributed by atoms with Gasteiger partial charge in [0, 0.05) is 57.2 Å². The molecule has 0 bridgehead atoms. The molecule has 5 rings (SSSR count). The average Bonchev–Trinajstić information content (AvgIpc) is 2.99. The molecule has 12 heteroatoms. The lowest BCUT2D eigenvalue weighted by Crippen LogP contribution is -2.44. The number of carbonyl (C=O) groups excluding carboxylic acids is 1. The Kier molecular flexibility index (Phi) is 8.97. The fraction of sp³-hybridized carbons (Fsp3) is 0.290. The molecular formula is C31H30F4N6O2. The van der Waals surface area contributed by atoms with E-state index in [-0.39, 0.29) is 17.3 Å². The molecule has 43 heavy (non-hydrogen) atoms. The SMILES string of the molecule is CCc1nccc(-c2cccnc2Oc2ccc(F)c(C(=O)Nc3cc(C(F)(F)F)ccc3CN3CCN(C)CC3)c2)n1. The second kappa shape index (κ2) is 12.8. The number of aryl methyl sites for hydroxylation is 1. The highest BCUT2D eigenvalue weighted by atomic mass is 19.4. The molecule has 0 radical (unpaired) electrons. The van der Waals surface area contributed by atoms with Crippen molar-refractivity contribution in [2.45, 2.75) is 26.1 Å². The first-order chi connectivity index (χ1) is 20.6. The Hall–Kier alpha value is -4.42. The summed E-state index contributed by atoms with van der Waals surface area (Å²) < 4.78 is 61.6. The summed E-state index contributed by atoms with van der Waals surface area (Å²) in [5.41, 5.74) is 0.286. The van der Waals surface area contributed by atoms with Crippen molar-refractivity contribution in [3.05, 3.63) is 95.3 Å². The van der Waals surface area contributed by atoms with Gasteiger partial charge < -0.3 is 15.0 Å².